The lowest BCUT2D eigenvalue weighted by Crippen LogP contribution is -2.23. The smallest absolute Gasteiger partial charge is 0.336 e. The highest BCUT2D eigenvalue weighted by Gasteiger charge is 2.10. The molecule has 0 fully saturated rings. The Kier molecular flexibility index (Phi) is 4.29. The molecule has 24 heavy (non-hydrogen) atoms. The van der Waals surface area contributed by atoms with Crippen molar-refractivity contribution in [2.75, 3.05) is 7.11 Å². The summed E-state index contributed by atoms with van der Waals surface area (Å²) in [4.78, 5) is 23.8. The van der Waals surface area contributed by atoms with Gasteiger partial charge in [-0.2, -0.15) is 0 Å². The Morgan fingerprint density at radius 1 is 1.21 bits per heavy atom. The zero-order valence-corrected chi connectivity index (χ0v) is 12.8. The SMILES string of the molecule is COc1cccc(C(=O)NCc2cc(=O)oc3ccc(F)cc23)c1. The summed E-state index contributed by atoms with van der Waals surface area (Å²) in [5.41, 5.74) is 0.624. The largest absolute Gasteiger partial charge is 0.497 e. The average molecular weight is 327 g/mol. The molecule has 5 nitrogen and oxygen atoms in total. The summed E-state index contributed by atoms with van der Waals surface area (Å²) in [7, 11) is 1.51. The molecule has 0 radical (unpaired) electrons. The molecule has 3 aromatic rings. The van der Waals surface area contributed by atoms with Gasteiger partial charge in [0.15, 0.2) is 0 Å². The fraction of sp³-hybridized carbons (Fsp3) is 0.111. The van der Waals surface area contributed by atoms with Crippen molar-refractivity contribution in [1.29, 1.82) is 0 Å². The third-order valence-electron chi connectivity index (χ3n) is 3.56. The summed E-state index contributed by atoms with van der Waals surface area (Å²) in [5.74, 6) is -0.209. The Morgan fingerprint density at radius 2 is 2.04 bits per heavy atom. The predicted molar refractivity (Wildman–Crippen MR) is 86.6 cm³/mol. The highest BCUT2D eigenvalue weighted by Crippen LogP contribution is 2.18. The molecular weight excluding hydrogens is 313 g/mol. The third kappa shape index (κ3) is 3.27. The van der Waals surface area contributed by atoms with Crippen molar-refractivity contribution in [1.82, 2.24) is 5.32 Å². The van der Waals surface area contributed by atoms with E-state index in [2.05, 4.69) is 5.32 Å². The van der Waals surface area contributed by atoms with Gasteiger partial charge in [-0.3, -0.25) is 4.79 Å². The van der Waals surface area contributed by atoms with E-state index in [1.54, 1.807) is 24.3 Å². The van der Waals surface area contributed by atoms with Crippen LogP contribution in [0.2, 0.25) is 0 Å². The van der Waals surface area contributed by atoms with Crippen LogP contribution in [0.4, 0.5) is 4.39 Å². The molecule has 0 saturated heterocycles. The van der Waals surface area contributed by atoms with Crippen LogP contribution in [0, 0.1) is 5.82 Å². The molecule has 1 amide bonds. The van der Waals surface area contributed by atoms with Gasteiger partial charge in [0.25, 0.3) is 5.91 Å². The van der Waals surface area contributed by atoms with E-state index in [0.717, 1.165) is 0 Å². The number of ether oxygens (including phenoxy) is 1. The number of carbonyl (C=O) groups is 1. The van der Waals surface area contributed by atoms with Gasteiger partial charge in [-0.15, -0.1) is 0 Å². The first-order valence-electron chi connectivity index (χ1n) is 7.21. The van der Waals surface area contributed by atoms with Crippen LogP contribution in [-0.4, -0.2) is 13.0 Å². The molecule has 3 rings (SSSR count). The molecule has 0 bridgehead atoms. The van der Waals surface area contributed by atoms with Crippen LogP contribution >= 0.6 is 0 Å². The van der Waals surface area contributed by atoms with Crippen molar-refractivity contribution in [2.45, 2.75) is 6.54 Å². The highest BCUT2D eigenvalue weighted by atomic mass is 19.1. The van der Waals surface area contributed by atoms with Crippen molar-refractivity contribution < 1.29 is 18.3 Å². The number of hydrogen-bond donors (Lipinski definition) is 1. The molecule has 0 spiro atoms. The minimum absolute atomic E-state index is 0.0710. The van der Waals surface area contributed by atoms with Crippen molar-refractivity contribution in [3.05, 3.63) is 75.9 Å². The first-order chi connectivity index (χ1) is 11.6. The molecular formula is C18H14FNO4. The van der Waals surface area contributed by atoms with E-state index in [4.69, 9.17) is 9.15 Å². The lowest BCUT2D eigenvalue weighted by atomic mass is 10.1. The van der Waals surface area contributed by atoms with Crippen molar-refractivity contribution in [2.24, 2.45) is 0 Å². The summed E-state index contributed by atoms with van der Waals surface area (Å²) in [6.45, 7) is 0.0710. The van der Waals surface area contributed by atoms with Crippen LogP contribution in [0.1, 0.15) is 15.9 Å². The Balaban J connectivity index is 1.86. The molecule has 1 aromatic heterocycles. The molecule has 0 unspecified atom stereocenters. The predicted octanol–water partition coefficient (Wildman–Crippen LogP) is 2.87. The maximum absolute atomic E-state index is 13.4. The molecule has 0 aliphatic carbocycles. The standard InChI is InChI=1S/C18H14FNO4/c1-23-14-4-2-3-11(7-14)18(22)20-10-12-8-17(21)24-16-6-5-13(19)9-15(12)16/h2-9H,10H2,1H3,(H,20,22). The van der Waals surface area contributed by atoms with E-state index in [0.29, 0.717) is 22.3 Å². The number of fused-ring (bicyclic) bond motifs is 1. The first kappa shape index (κ1) is 15.7. The number of carbonyl (C=O) groups excluding carboxylic acids is 1. The van der Waals surface area contributed by atoms with Crippen molar-refractivity contribution >= 4 is 16.9 Å². The molecule has 1 heterocycles. The highest BCUT2D eigenvalue weighted by molar-refractivity contribution is 5.94. The second kappa shape index (κ2) is 6.54. The van der Waals surface area contributed by atoms with Gasteiger partial charge in [0.1, 0.15) is 17.1 Å². The second-order valence-electron chi connectivity index (χ2n) is 5.15. The van der Waals surface area contributed by atoms with E-state index in [1.807, 2.05) is 0 Å². The minimum Gasteiger partial charge on any atom is -0.497 e. The van der Waals surface area contributed by atoms with Crippen LogP contribution in [0.5, 0.6) is 5.75 Å². The van der Waals surface area contributed by atoms with Gasteiger partial charge >= 0.3 is 5.63 Å². The summed E-state index contributed by atoms with van der Waals surface area (Å²) < 4.78 is 23.5. The van der Waals surface area contributed by atoms with E-state index >= 15 is 0 Å². The molecule has 0 atom stereocenters. The lowest BCUT2D eigenvalue weighted by Gasteiger charge is -2.08. The van der Waals surface area contributed by atoms with Gasteiger partial charge < -0.3 is 14.5 Å². The average Bonchev–Trinajstić information content (AvgIpc) is 2.59. The van der Waals surface area contributed by atoms with Crippen molar-refractivity contribution in [3.63, 3.8) is 0 Å². The number of benzene rings is 2. The first-order valence-corrected chi connectivity index (χ1v) is 7.21. The zero-order chi connectivity index (χ0) is 17.1. The van der Waals surface area contributed by atoms with Gasteiger partial charge in [0.05, 0.1) is 7.11 Å². The molecule has 0 aliphatic rings. The van der Waals surface area contributed by atoms with Crippen LogP contribution in [0.15, 0.2) is 57.7 Å². The van der Waals surface area contributed by atoms with Crippen LogP contribution in [-0.2, 0) is 6.54 Å². The summed E-state index contributed by atoms with van der Waals surface area (Å²) in [6, 6.07) is 11.8. The molecule has 122 valence electrons. The molecule has 0 saturated carbocycles. The maximum Gasteiger partial charge on any atom is 0.336 e. The number of hydrogen-bond acceptors (Lipinski definition) is 4. The summed E-state index contributed by atoms with van der Waals surface area (Å²) >= 11 is 0. The molecule has 6 heteroatoms. The minimum atomic E-state index is -0.556. The fourth-order valence-electron chi connectivity index (χ4n) is 2.39. The maximum atomic E-state index is 13.4. The van der Waals surface area contributed by atoms with E-state index in [-0.39, 0.29) is 18.0 Å². The van der Waals surface area contributed by atoms with Crippen LogP contribution in [0.25, 0.3) is 11.0 Å². The van der Waals surface area contributed by atoms with E-state index < -0.39 is 11.4 Å². The normalized spacial score (nSPS) is 10.6. The molecule has 0 aliphatic heterocycles. The lowest BCUT2D eigenvalue weighted by molar-refractivity contribution is 0.0950. The van der Waals surface area contributed by atoms with E-state index in [9.17, 15) is 14.0 Å². The van der Waals surface area contributed by atoms with Crippen molar-refractivity contribution in [3.8, 4) is 5.75 Å². The molecule has 1 N–H and O–H groups in total. The Labute approximate surface area is 136 Å². The number of rotatable bonds is 4. The van der Waals surface area contributed by atoms with Crippen LogP contribution in [0.3, 0.4) is 0 Å². The van der Waals surface area contributed by atoms with Crippen LogP contribution < -0.4 is 15.7 Å². The third-order valence-corrected chi connectivity index (χ3v) is 3.56. The Hall–Kier alpha value is -3.15. The summed E-state index contributed by atoms with van der Waals surface area (Å²) in [6.07, 6.45) is 0. The van der Waals surface area contributed by atoms with E-state index in [1.165, 1.54) is 31.4 Å². The van der Waals surface area contributed by atoms with Gasteiger partial charge in [0, 0.05) is 23.6 Å². The van der Waals surface area contributed by atoms with Gasteiger partial charge in [0.2, 0.25) is 0 Å². The second-order valence-corrected chi connectivity index (χ2v) is 5.15. The Bertz CT molecular complexity index is 965. The zero-order valence-electron chi connectivity index (χ0n) is 12.8. The van der Waals surface area contributed by atoms with Gasteiger partial charge in [-0.05, 0) is 42.0 Å². The molecule has 2 aromatic carbocycles. The number of amides is 1. The summed E-state index contributed by atoms with van der Waals surface area (Å²) in [5, 5.41) is 3.15. The fourth-order valence-corrected chi connectivity index (χ4v) is 2.39. The number of methoxy groups -OCH3 is 1. The topological polar surface area (TPSA) is 68.5 Å². The van der Waals surface area contributed by atoms with Gasteiger partial charge in [-0.25, -0.2) is 9.18 Å². The monoisotopic (exact) mass is 327 g/mol. The number of nitrogens with one attached hydrogen (secondary N) is 1. The van der Waals surface area contributed by atoms with Gasteiger partial charge in [-0.1, -0.05) is 6.07 Å². The quantitative estimate of drug-likeness (QED) is 0.748. The number of halogens is 1. The Morgan fingerprint density at radius 3 is 2.83 bits per heavy atom.